The molecule has 1 aromatic rings. The molecule has 15 heavy (non-hydrogen) atoms. The second-order valence-corrected chi connectivity index (χ2v) is 4.29. The Bertz CT molecular complexity index is 312. The van der Waals surface area contributed by atoms with Crippen molar-refractivity contribution in [2.45, 2.75) is 38.1 Å². The van der Waals surface area contributed by atoms with Crippen molar-refractivity contribution in [3.8, 4) is 0 Å². The van der Waals surface area contributed by atoms with Gasteiger partial charge in [0.1, 0.15) is 5.69 Å². The lowest BCUT2D eigenvalue weighted by Crippen LogP contribution is -2.38. The Morgan fingerprint density at radius 3 is 2.73 bits per heavy atom. The molecule has 0 saturated heterocycles. The number of carbonyl (C=O) groups is 1. The van der Waals surface area contributed by atoms with Gasteiger partial charge < -0.3 is 9.88 Å². The van der Waals surface area contributed by atoms with Gasteiger partial charge in [-0.05, 0) is 25.0 Å². The van der Waals surface area contributed by atoms with E-state index in [1.807, 2.05) is 24.1 Å². The van der Waals surface area contributed by atoms with Crippen molar-refractivity contribution in [3.63, 3.8) is 0 Å². The molecule has 3 nitrogen and oxygen atoms in total. The summed E-state index contributed by atoms with van der Waals surface area (Å²) in [6.45, 7) is 0. The third kappa shape index (κ3) is 2.22. The minimum atomic E-state index is 0.118. The molecule has 1 N–H and O–H groups in total. The standard InChI is InChI=1S/C12H18N2O/c1-14(10-6-3-2-4-7-10)12(15)11-8-5-9-13-11/h5,8-10,13H,2-4,6-7H2,1H3. The third-order valence-corrected chi connectivity index (χ3v) is 3.27. The number of aromatic amines is 1. The van der Waals surface area contributed by atoms with Crippen molar-refractivity contribution in [1.82, 2.24) is 9.88 Å². The maximum Gasteiger partial charge on any atom is 0.270 e. The van der Waals surface area contributed by atoms with Crippen LogP contribution in [0.2, 0.25) is 0 Å². The highest BCUT2D eigenvalue weighted by molar-refractivity contribution is 5.92. The lowest BCUT2D eigenvalue weighted by molar-refractivity contribution is 0.0691. The molecule has 0 atom stereocenters. The molecule has 0 aliphatic heterocycles. The minimum absolute atomic E-state index is 0.118. The predicted octanol–water partition coefficient (Wildman–Crippen LogP) is 2.42. The van der Waals surface area contributed by atoms with Crippen molar-refractivity contribution in [2.24, 2.45) is 0 Å². The van der Waals surface area contributed by atoms with Gasteiger partial charge in [0.15, 0.2) is 0 Å². The average Bonchev–Trinajstić information content (AvgIpc) is 2.82. The molecule has 3 heteroatoms. The summed E-state index contributed by atoms with van der Waals surface area (Å²) in [5, 5.41) is 0. The smallest absolute Gasteiger partial charge is 0.270 e. The second kappa shape index (κ2) is 4.51. The van der Waals surface area contributed by atoms with Gasteiger partial charge >= 0.3 is 0 Å². The van der Waals surface area contributed by atoms with Crippen LogP contribution in [0.1, 0.15) is 42.6 Å². The Morgan fingerprint density at radius 1 is 1.40 bits per heavy atom. The first kappa shape index (κ1) is 10.3. The van der Waals surface area contributed by atoms with Crippen LogP contribution >= 0.6 is 0 Å². The van der Waals surface area contributed by atoms with E-state index in [4.69, 9.17) is 0 Å². The Hall–Kier alpha value is -1.25. The summed E-state index contributed by atoms with van der Waals surface area (Å²) in [5.41, 5.74) is 0.697. The van der Waals surface area contributed by atoms with Crippen molar-refractivity contribution < 1.29 is 4.79 Å². The summed E-state index contributed by atoms with van der Waals surface area (Å²) in [6.07, 6.45) is 7.94. The highest BCUT2D eigenvalue weighted by Gasteiger charge is 2.23. The predicted molar refractivity (Wildman–Crippen MR) is 59.8 cm³/mol. The van der Waals surface area contributed by atoms with Gasteiger partial charge in [0.2, 0.25) is 0 Å². The number of H-pyrrole nitrogens is 1. The summed E-state index contributed by atoms with van der Waals surface area (Å²) in [6, 6.07) is 4.14. The molecule has 1 aromatic heterocycles. The first-order valence-electron chi connectivity index (χ1n) is 5.69. The fraction of sp³-hybridized carbons (Fsp3) is 0.583. The van der Waals surface area contributed by atoms with Gasteiger partial charge in [-0.3, -0.25) is 4.79 Å². The Labute approximate surface area is 90.5 Å². The van der Waals surface area contributed by atoms with E-state index in [1.54, 1.807) is 6.20 Å². The fourth-order valence-electron chi connectivity index (χ4n) is 2.29. The first-order chi connectivity index (χ1) is 7.29. The van der Waals surface area contributed by atoms with Gasteiger partial charge in [0, 0.05) is 19.3 Å². The topological polar surface area (TPSA) is 36.1 Å². The lowest BCUT2D eigenvalue weighted by atomic mass is 9.94. The summed E-state index contributed by atoms with van der Waals surface area (Å²) < 4.78 is 0. The van der Waals surface area contributed by atoms with Gasteiger partial charge in [-0.2, -0.15) is 0 Å². The molecule has 1 aliphatic rings. The van der Waals surface area contributed by atoms with Gasteiger partial charge in [-0.1, -0.05) is 19.3 Å². The molecule has 1 saturated carbocycles. The van der Waals surface area contributed by atoms with E-state index >= 15 is 0 Å². The molecule has 0 aromatic carbocycles. The Morgan fingerprint density at radius 2 is 2.13 bits per heavy atom. The molecule has 82 valence electrons. The Balaban J connectivity index is 2.00. The number of rotatable bonds is 2. The second-order valence-electron chi connectivity index (χ2n) is 4.29. The molecule has 1 heterocycles. The van der Waals surface area contributed by atoms with Crippen molar-refractivity contribution in [3.05, 3.63) is 24.0 Å². The zero-order chi connectivity index (χ0) is 10.7. The number of hydrogen-bond donors (Lipinski definition) is 1. The SMILES string of the molecule is CN(C(=O)c1ccc[nH]1)C1CCCCC1. The molecular formula is C12H18N2O. The largest absolute Gasteiger partial charge is 0.357 e. The van der Waals surface area contributed by atoms with E-state index in [0.29, 0.717) is 11.7 Å². The van der Waals surface area contributed by atoms with Gasteiger partial charge in [-0.15, -0.1) is 0 Å². The van der Waals surface area contributed by atoms with E-state index < -0.39 is 0 Å². The van der Waals surface area contributed by atoms with Crippen LogP contribution in [-0.2, 0) is 0 Å². The van der Waals surface area contributed by atoms with Gasteiger partial charge in [0.05, 0.1) is 0 Å². The molecular weight excluding hydrogens is 188 g/mol. The van der Waals surface area contributed by atoms with Crippen LogP contribution in [-0.4, -0.2) is 28.9 Å². The van der Waals surface area contributed by atoms with Crippen LogP contribution in [0.4, 0.5) is 0 Å². The molecule has 1 amide bonds. The number of carbonyl (C=O) groups excluding carboxylic acids is 1. The summed E-state index contributed by atoms with van der Waals surface area (Å²) in [7, 11) is 1.92. The zero-order valence-electron chi connectivity index (χ0n) is 9.20. The number of aromatic nitrogens is 1. The molecule has 0 radical (unpaired) electrons. The van der Waals surface area contributed by atoms with Gasteiger partial charge in [-0.25, -0.2) is 0 Å². The summed E-state index contributed by atoms with van der Waals surface area (Å²) >= 11 is 0. The average molecular weight is 206 g/mol. The van der Waals surface area contributed by atoms with Crippen molar-refractivity contribution in [2.75, 3.05) is 7.05 Å². The van der Waals surface area contributed by atoms with E-state index in [0.717, 1.165) is 12.8 Å². The maximum atomic E-state index is 12.0. The van der Waals surface area contributed by atoms with E-state index in [9.17, 15) is 4.79 Å². The van der Waals surface area contributed by atoms with Crippen LogP contribution in [0, 0.1) is 0 Å². The highest BCUT2D eigenvalue weighted by atomic mass is 16.2. The number of amides is 1. The molecule has 1 fully saturated rings. The van der Waals surface area contributed by atoms with E-state index in [2.05, 4.69) is 4.98 Å². The molecule has 1 aliphatic carbocycles. The molecule has 0 unspecified atom stereocenters. The number of nitrogens with one attached hydrogen (secondary N) is 1. The summed E-state index contributed by atoms with van der Waals surface area (Å²) in [4.78, 5) is 16.9. The van der Waals surface area contributed by atoms with Crippen molar-refractivity contribution in [1.29, 1.82) is 0 Å². The quantitative estimate of drug-likeness (QED) is 0.792. The molecule has 2 rings (SSSR count). The Kier molecular flexibility index (Phi) is 3.09. The maximum absolute atomic E-state index is 12.0. The lowest BCUT2D eigenvalue weighted by Gasteiger charge is -2.30. The fourth-order valence-corrected chi connectivity index (χ4v) is 2.29. The first-order valence-corrected chi connectivity index (χ1v) is 5.69. The van der Waals surface area contributed by atoms with Gasteiger partial charge in [0.25, 0.3) is 5.91 Å². The van der Waals surface area contributed by atoms with Crippen molar-refractivity contribution >= 4 is 5.91 Å². The normalized spacial score (nSPS) is 17.7. The minimum Gasteiger partial charge on any atom is -0.357 e. The van der Waals surface area contributed by atoms with Crippen LogP contribution in [0.25, 0.3) is 0 Å². The van der Waals surface area contributed by atoms with Crippen LogP contribution < -0.4 is 0 Å². The molecule has 0 spiro atoms. The van der Waals surface area contributed by atoms with Crippen LogP contribution in [0.15, 0.2) is 18.3 Å². The van der Waals surface area contributed by atoms with E-state index in [-0.39, 0.29) is 5.91 Å². The number of hydrogen-bond acceptors (Lipinski definition) is 1. The monoisotopic (exact) mass is 206 g/mol. The molecule has 0 bridgehead atoms. The summed E-state index contributed by atoms with van der Waals surface area (Å²) in [5.74, 6) is 0.118. The zero-order valence-corrected chi connectivity index (χ0v) is 9.20. The third-order valence-electron chi connectivity index (χ3n) is 3.27. The van der Waals surface area contributed by atoms with Crippen LogP contribution in [0.3, 0.4) is 0 Å². The highest BCUT2D eigenvalue weighted by Crippen LogP contribution is 2.22. The van der Waals surface area contributed by atoms with E-state index in [1.165, 1.54) is 19.3 Å². The number of nitrogens with zero attached hydrogens (tertiary/aromatic N) is 1. The van der Waals surface area contributed by atoms with Crippen LogP contribution in [0.5, 0.6) is 0 Å².